The van der Waals surface area contributed by atoms with E-state index in [0.29, 0.717) is 31.9 Å². The molecule has 2 aliphatic heterocycles. The Balaban J connectivity index is 1.38. The Kier molecular flexibility index (Phi) is 5.02. The standard InChI is InChI=1S/C18H22F2N6O/c19-13-1-2-15(20)17(11-13)24-7-9-25(10-8-24)18(27)16-12-26(23-22-16)14-3-5-21-6-4-14/h1-2,11-12,14,21H,3-10H2. The number of hydrogen-bond acceptors (Lipinski definition) is 5. The third kappa shape index (κ3) is 3.78. The molecule has 7 nitrogen and oxygen atoms in total. The van der Waals surface area contributed by atoms with Crippen LogP contribution in [-0.2, 0) is 0 Å². The van der Waals surface area contributed by atoms with Crippen LogP contribution in [0.1, 0.15) is 29.4 Å². The van der Waals surface area contributed by atoms with Crippen molar-refractivity contribution in [2.75, 3.05) is 44.2 Å². The third-order valence-electron chi connectivity index (χ3n) is 5.23. The highest BCUT2D eigenvalue weighted by Gasteiger charge is 2.26. The fraction of sp³-hybridized carbons (Fsp3) is 0.500. The van der Waals surface area contributed by atoms with Gasteiger partial charge < -0.3 is 15.1 Å². The van der Waals surface area contributed by atoms with E-state index in [-0.39, 0.29) is 17.6 Å². The van der Waals surface area contributed by atoms with E-state index in [0.717, 1.165) is 38.1 Å². The maximum atomic E-state index is 13.9. The van der Waals surface area contributed by atoms with Crippen LogP contribution in [0.25, 0.3) is 0 Å². The van der Waals surface area contributed by atoms with Gasteiger partial charge in [0.05, 0.1) is 17.9 Å². The molecule has 2 aromatic rings. The van der Waals surface area contributed by atoms with Gasteiger partial charge in [-0.25, -0.2) is 13.5 Å². The van der Waals surface area contributed by atoms with Crippen LogP contribution in [0, 0.1) is 11.6 Å². The van der Waals surface area contributed by atoms with Crippen molar-refractivity contribution < 1.29 is 13.6 Å². The fourth-order valence-corrected chi connectivity index (χ4v) is 3.67. The van der Waals surface area contributed by atoms with E-state index in [1.807, 2.05) is 0 Å². The largest absolute Gasteiger partial charge is 0.366 e. The molecule has 1 aromatic carbocycles. The number of aromatic nitrogens is 3. The topological polar surface area (TPSA) is 66.3 Å². The Bertz CT molecular complexity index is 812. The van der Waals surface area contributed by atoms with Gasteiger partial charge in [0.25, 0.3) is 5.91 Å². The maximum absolute atomic E-state index is 13.9. The molecule has 0 spiro atoms. The first-order chi connectivity index (χ1) is 13.1. The number of carbonyl (C=O) groups excluding carboxylic acids is 1. The van der Waals surface area contributed by atoms with E-state index in [1.54, 1.807) is 20.7 Å². The van der Waals surface area contributed by atoms with E-state index in [4.69, 9.17) is 0 Å². The van der Waals surface area contributed by atoms with Crippen molar-refractivity contribution in [2.45, 2.75) is 18.9 Å². The van der Waals surface area contributed by atoms with Crippen molar-refractivity contribution in [2.24, 2.45) is 0 Å². The predicted octanol–water partition coefficient (Wildman–Crippen LogP) is 1.44. The highest BCUT2D eigenvalue weighted by molar-refractivity contribution is 5.92. The molecular weight excluding hydrogens is 354 g/mol. The van der Waals surface area contributed by atoms with Crippen molar-refractivity contribution in [1.29, 1.82) is 0 Å². The molecule has 27 heavy (non-hydrogen) atoms. The van der Waals surface area contributed by atoms with Crippen LogP contribution in [0.4, 0.5) is 14.5 Å². The molecule has 0 unspecified atom stereocenters. The highest BCUT2D eigenvalue weighted by Crippen LogP contribution is 2.22. The summed E-state index contributed by atoms with van der Waals surface area (Å²) in [6, 6.07) is 3.69. The van der Waals surface area contributed by atoms with Gasteiger partial charge in [-0.1, -0.05) is 5.21 Å². The van der Waals surface area contributed by atoms with E-state index < -0.39 is 11.6 Å². The van der Waals surface area contributed by atoms with Crippen LogP contribution in [0.5, 0.6) is 0 Å². The van der Waals surface area contributed by atoms with Gasteiger partial charge in [-0.2, -0.15) is 0 Å². The van der Waals surface area contributed by atoms with Crippen LogP contribution in [0.15, 0.2) is 24.4 Å². The fourth-order valence-electron chi connectivity index (χ4n) is 3.67. The van der Waals surface area contributed by atoms with E-state index in [1.165, 1.54) is 6.07 Å². The molecule has 0 aliphatic carbocycles. The average Bonchev–Trinajstić information content (AvgIpc) is 3.20. The summed E-state index contributed by atoms with van der Waals surface area (Å²) in [5.74, 6) is -1.10. The number of rotatable bonds is 3. The number of hydrogen-bond donors (Lipinski definition) is 1. The second kappa shape index (κ2) is 7.59. The minimum Gasteiger partial charge on any atom is -0.366 e. The lowest BCUT2D eigenvalue weighted by Gasteiger charge is -2.35. The molecule has 144 valence electrons. The van der Waals surface area contributed by atoms with Crippen LogP contribution < -0.4 is 10.2 Å². The van der Waals surface area contributed by atoms with Gasteiger partial charge in [-0.15, -0.1) is 5.10 Å². The molecule has 0 bridgehead atoms. The lowest BCUT2D eigenvalue weighted by Crippen LogP contribution is -2.49. The van der Waals surface area contributed by atoms with Gasteiger partial charge >= 0.3 is 0 Å². The molecule has 2 aliphatic rings. The molecule has 0 radical (unpaired) electrons. The summed E-state index contributed by atoms with van der Waals surface area (Å²) in [5, 5.41) is 11.5. The number of amides is 1. The molecule has 0 saturated carbocycles. The van der Waals surface area contributed by atoms with Gasteiger partial charge in [0, 0.05) is 32.2 Å². The number of anilines is 1. The van der Waals surface area contributed by atoms with Gasteiger partial charge in [0.15, 0.2) is 5.69 Å². The summed E-state index contributed by atoms with van der Waals surface area (Å²) in [6.07, 6.45) is 3.65. The zero-order valence-electron chi connectivity index (χ0n) is 14.9. The van der Waals surface area contributed by atoms with Crippen molar-refractivity contribution in [3.63, 3.8) is 0 Å². The smallest absolute Gasteiger partial charge is 0.276 e. The van der Waals surface area contributed by atoms with E-state index >= 15 is 0 Å². The number of piperazine rings is 1. The molecule has 2 saturated heterocycles. The quantitative estimate of drug-likeness (QED) is 0.878. The zero-order valence-corrected chi connectivity index (χ0v) is 14.9. The minimum atomic E-state index is -0.473. The van der Waals surface area contributed by atoms with E-state index in [9.17, 15) is 13.6 Å². The summed E-state index contributed by atoms with van der Waals surface area (Å²) in [5.41, 5.74) is 0.567. The summed E-state index contributed by atoms with van der Waals surface area (Å²) in [6.45, 7) is 3.60. The second-order valence-electron chi connectivity index (χ2n) is 6.94. The monoisotopic (exact) mass is 376 g/mol. The van der Waals surface area contributed by atoms with Crippen molar-refractivity contribution in [3.05, 3.63) is 41.7 Å². The van der Waals surface area contributed by atoms with Crippen LogP contribution in [-0.4, -0.2) is 65.1 Å². The molecule has 2 fully saturated rings. The molecular formula is C18H22F2N6O. The molecule has 4 rings (SSSR count). The van der Waals surface area contributed by atoms with Crippen molar-refractivity contribution in [3.8, 4) is 0 Å². The Morgan fingerprint density at radius 2 is 1.85 bits per heavy atom. The number of carbonyl (C=O) groups is 1. The Morgan fingerprint density at radius 1 is 1.11 bits per heavy atom. The number of halogens is 2. The zero-order chi connectivity index (χ0) is 18.8. The molecule has 1 amide bonds. The highest BCUT2D eigenvalue weighted by atomic mass is 19.1. The van der Waals surface area contributed by atoms with Crippen molar-refractivity contribution >= 4 is 11.6 Å². The van der Waals surface area contributed by atoms with E-state index in [2.05, 4.69) is 15.6 Å². The molecule has 0 atom stereocenters. The summed E-state index contributed by atoms with van der Waals surface area (Å²) in [7, 11) is 0. The molecule has 3 heterocycles. The minimum absolute atomic E-state index is 0.172. The Hall–Kier alpha value is -2.55. The van der Waals surface area contributed by atoms with Crippen LogP contribution in [0.2, 0.25) is 0 Å². The normalized spacial score (nSPS) is 18.7. The first-order valence-corrected chi connectivity index (χ1v) is 9.23. The SMILES string of the molecule is O=C(c1cn(C2CCNCC2)nn1)N1CCN(c2cc(F)ccc2F)CC1. The molecule has 1 N–H and O–H groups in total. The lowest BCUT2D eigenvalue weighted by atomic mass is 10.1. The summed E-state index contributed by atoms with van der Waals surface area (Å²) in [4.78, 5) is 16.1. The van der Waals surface area contributed by atoms with Gasteiger partial charge in [0.2, 0.25) is 0 Å². The average molecular weight is 376 g/mol. The maximum Gasteiger partial charge on any atom is 0.276 e. The van der Waals surface area contributed by atoms with Crippen molar-refractivity contribution in [1.82, 2.24) is 25.2 Å². The second-order valence-corrected chi connectivity index (χ2v) is 6.94. The Labute approximate surface area is 155 Å². The lowest BCUT2D eigenvalue weighted by molar-refractivity contribution is 0.0740. The Morgan fingerprint density at radius 3 is 2.59 bits per heavy atom. The summed E-state index contributed by atoms with van der Waals surface area (Å²) >= 11 is 0. The first-order valence-electron chi connectivity index (χ1n) is 9.23. The number of benzene rings is 1. The third-order valence-corrected chi connectivity index (χ3v) is 5.23. The van der Waals surface area contributed by atoms with Gasteiger partial charge in [-0.3, -0.25) is 4.79 Å². The number of nitrogens with zero attached hydrogens (tertiary/aromatic N) is 5. The van der Waals surface area contributed by atoms with Gasteiger partial charge in [0.1, 0.15) is 11.6 Å². The van der Waals surface area contributed by atoms with Crippen LogP contribution in [0.3, 0.4) is 0 Å². The van der Waals surface area contributed by atoms with Crippen LogP contribution >= 0.6 is 0 Å². The molecule has 1 aromatic heterocycles. The summed E-state index contributed by atoms with van der Waals surface area (Å²) < 4.78 is 29.1. The number of nitrogens with one attached hydrogen (secondary N) is 1. The predicted molar refractivity (Wildman–Crippen MR) is 95.6 cm³/mol. The van der Waals surface area contributed by atoms with Gasteiger partial charge in [-0.05, 0) is 38.1 Å². The molecule has 9 heteroatoms. The first kappa shape index (κ1) is 17.8. The number of piperidine rings is 1.